The SMILES string of the molecule is CCn1c(SCC(=O)c2cc([N+](=O)[O-])ccc2Cl)nnc1-c1cccc(NC(C)=O)c1. The summed E-state index contributed by atoms with van der Waals surface area (Å²) in [5.74, 6) is 0.0607. The van der Waals surface area contributed by atoms with Crippen LogP contribution in [-0.2, 0) is 11.3 Å². The predicted octanol–water partition coefficient (Wildman–Crippen LogP) is 4.46. The number of thioether (sulfide) groups is 1. The third kappa shape index (κ3) is 5.28. The molecule has 1 amide bonds. The lowest BCUT2D eigenvalue weighted by Gasteiger charge is -2.09. The topological polar surface area (TPSA) is 120 Å². The Balaban J connectivity index is 1.81. The van der Waals surface area contributed by atoms with Gasteiger partial charge >= 0.3 is 0 Å². The van der Waals surface area contributed by atoms with Gasteiger partial charge in [-0.3, -0.25) is 19.7 Å². The number of nitro benzene ring substituents is 1. The van der Waals surface area contributed by atoms with Gasteiger partial charge in [0.15, 0.2) is 16.8 Å². The van der Waals surface area contributed by atoms with E-state index in [0.29, 0.717) is 23.2 Å². The largest absolute Gasteiger partial charge is 0.326 e. The van der Waals surface area contributed by atoms with Gasteiger partial charge in [0.2, 0.25) is 5.91 Å². The van der Waals surface area contributed by atoms with Crippen molar-refractivity contribution in [3.8, 4) is 11.4 Å². The number of halogens is 1. The number of carbonyl (C=O) groups is 2. The molecule has 0 aliphatic heterocycles. The number of aromatic nitrogens is 3. The van der Waals surface area contributed by atoms with Gasteiger partial charge in [-0.1, -0.05) is 35.5 Å². The molecule has 160 valence electrons. The molecular formula is C20H18ClN5O4S. The number of nitro groups is 1. The zero-order chi connectivity index (χ0) is 22.5. The molecule has 0 atom stereocenters. The van der Waals surface area contributed by atoms with Crippen LogP contribution in [0, 0.1) is 10.1 Å². The average Bonchev–Trinajstić information content (AvgIpc) is 3.14. The number of hydrogen-bond acceptors (Lipinski definition) is 7. The van der Waals surface area contributed by atoms with Crippen LogP contribution >= 0.6 is 23.4 Å². The van der Waals surface area contributed by atoms with Gasteiger partial charge in [-0.25, -0.2) is 0 Å². The third-order valence-electron chi connectivity index (χ3n) is 4.27. The highest BCUT2D eigenvalue weighted by Gasteiger charge is 2.19. The van der Waals surface area contributed by atoms with Crippen LogP contribution in [0.3, 0.4) is 0 Å². The average molecular weight is 460 g/mol. The molecule has 3 aromatic rings. The Morgan fingerprint density at radius 3 is 2.68 bits per heavy atom. The molecule has 0 radical (unpaired) electrons. The number of Topliss-reactive ketones (excluding diaryl/α,β-unsaturated/α-hetero) is 1. The number of hydrogen-bond donors (Lipinski definition) is 1. The Bertz CT molecular complexity index is 1160. The first-order valence-corrected chi connectivity index (χ1v) is 10.6. The molecule has 0 aliphatic carbocycles. The quantitative estimate of drug-likeness (QED) is 0.228. The molecular weight excluding hydrogens is 442 g/mol. The molecule has 9 nitrogen and oxygen atoms in total. The van der Waals surface area contributed by atoms with Crippen molar-refractivity contribution in [2.75, 3.05) is 11.1 Å². The number of rotatable bonds is 8. The number of amides is 1. The molecule has 1 N–H and O–H groups in total. The number of nitrogens with zero attached hydrogens (tertiary/aromatic N) is 4. The van der Waals surface area contributed by atoms with Gasteiger partial charge in [0.05, 0.1) is 15.7 Å². The van der Waals surface area contributed by atoms with Crippen LogP contribution in [0.2, 0.25) is 5.02 Å². The molecule has 0 unspecified atom stereocenters. The second-order valence-electron chi connectivity index (χ2n) is 6.45. The van der Waals surface area contributed by atoms with E-state index in [-0.39, 0.29) is 33.7 Å². The van der Waals surface area contributed by atoms with Crippen molar-refractivity contribution in [3.05, 3.63) is 63.2 Å². The van der Waals surface area contributed by atoms with E-state index in [1.54, 1.807) is 18.2 Å². The van der Waals surface area contributed by atoms with Gasteiger partial charge < -0.3 is 9.88 Å². The van der Waals surface area contributed by atoms with E-state index in [9.17, 15) is 19.7 Å². The minimum absolute atomic E-state index is 0.00898. The Kier molecular flexibility index (Phi) is 7.03. The highest BCUT2D eigenvalue weighted by atomic mass is 35.5. The van der Waals surface area contributed by atoms with Gasteiger partial charge in [-0.15, -0.1) is 10.2 Å². The van der Waals surface area contributed by atoms with E-state index in [0.717, 1.165) is 5.56 Å². The van der Waals surface area contributed by atoms with E-state index in [2.05, 4.69) is 15.5 Å². The molecule has 1 aromatic heterocycles. The van der Waals surface area contributed by atoms with E-state index in [1.165, 1.54) is 36.9 Å². The molecule has 31 heavy (non-hydrogen) atoms. The van der Waals surface area contributed by atoms with Gasteiger partial charge in [0, 0.05) is 42.4 Å². The first kappa shape index (κ1) is 22.4. The molecule has 0 saturated carbocycles. The summed E-state index contributed by atoms with van der Waals surface area (Å²) in [5.41, 5.74) is 1.30. The lowest BCUT2D eigenvalue weighted by molar-refractivity contribution is -0.384. The number of nitrogens with one attached hydrogen (secondary N) is 1. The number of ketones is 1. The van der Waals surface area contributed by atoms with Crippen LogP contribution in [0.25, 0.3) is 11.4 Å². The summed E-state index contributed by atoms with van der Waals surface area (Å²) in [6, 6.07) is 11.0. The summed E-state index contributed by atoms with van der Waals surface area (Å²) < 4.78 is 1.85. The van der Waals surface area contributed by atoms with Crippen molar-refractivity contribution >= 4 is 46.4 Å². The fourth-order valence-corrected chi connectivity index (χ4v) is 3.99. The van der Waals surface area contributed by atoms with Gasteiger partial charge in [-0.2, -0.15) is 0 Å². The summed E-state index contributed by atoms with van der Waals surface area (Å²) in [4.78, 5) is 34.3. The fraction of sp³-hybridized carbons (Fsp3) is 0.200. The molecule has 0 bridgehead atoms. The predicted molar refractivity (Wildman–Crippen MR) is 119 cm³/mol. The number of carbonyl (C=O) groups excluding carboxylic acids is 2. The summed E-state index contributed by atoms with van der Waals surface area (Å²) in [6.07, 6.45) is 0. The molecule has 0 spiro atoms. The maximum atomic E-state index is 12.6. The molecule has 0 aliphatic rings. The molecule has 0 fully saturated rings. The Labute approximate surface area is 187 Å². The molecule has 2 aromatic carbocycles. The standard InChI is InChI=1S/C20H18ClN5O4S/c1-3-25-19(13-5-4-6-14(9-13)22-12(2)27)23-24-20(25)31-11-18(28)16-10-15(26(29)30)7-8-17(16)21/h4-10H,3,11H2,1-2H3,(H,22,27). The van der Waals surface area contributed by atoms with Crippen LogP contribution in [0.5, 0.6) is 0 Å². The normalized spacial score (nSPS) is 10.7. The second kappa shape index (κ2) is 9.71. The first-order valence-electron chi connectivity index (χ1n) is 9.21. The van der Waals surface area contributed by atoms with Crippen molar-refractivity contribution in [1.29, 1.82) is 0 Å². The summed E-state index contributed by atoms with van der Waals surface area (Å²) in [5, 5.41) is 22.8. The van der Waals surface area contributed by atoms with Gasteiger partial charge in [0.1, 0.15) is 0 Å². The van der Waals surface area contributed by atoms with Crippen LogP contribution < -0.4 is 5.32 Å². The molecule has 3 rings (SSSR count). The monoisotopic (exact) mass is 459 g/mol. The molecule has 11 heteroatoms. The number of anilines is 1. The van der Waals surface area contributed by atoms with Crippen LogP contribution in [-0.4, -0.2) is 37.1 Å². The minimum Gasteiger partial charge on any atom is -0.326 e. The maximum Gasteiger partial charge on any atom is 0.270 e. The summed E-state index contributed by atoms with van der Waals surface area (Å²) >= 11 is 7.22. The Hall–Kier alpha value is -3.24. The van der Waals surface area contributed by atoms with E-state index >= 15 is 0 Å². The molecule has 0 saturated heterocycles. The van der Waals surface area contributed by atoms with Crippen molar-refractivity contribution in [2.45, 2.75) is 25.5 Å². The first-order chi connectivity index (χ1) is 14.8. The van der Waals surface area contributed by atoms with Crippen LogP contribution in [0.1, 0.15) is 24.2 Å². The van der Waals surface area contributed by atoms with Crippen molar-refractivity contribution in [3.63, 3.8) is 0 Å². The van der Waals surface area contributed by atoms with Crippen LogP contribution in [0.15, 0.2) is 47.6 Å². The van der Waals surface area contributed by atoms with Gasteiger partial charge in [-0.05, 0) is 25.1 Å². The fourth-order valence-electron chi connectivity index (χ4n) is 2.88. The number of non-ortho nitro benzene ring substituents is 1. The zero-order valence-electron chi connectivity index (χ0n) is 16.7. The lowest BCUT2D eigenvalue weighted by Crippen LogP contribution is -2.07. The number of benzene rings is 2. The van der Waals surface area contributed by atoms with E-state index < -0.39 is 4.92 Å². The smallest absolute Gasteiger partial charge is 0.270 e. The summed E-state index contributed by atoms with van der Waals surface area (Å²) in [6.45, 7) is 3.91. The summed E-state index contributed by atoms with van der Waals surface area (Å²) in [7, 11) is 0. The van der Waals surface area contributed by atoms with Crippen molar-refractivity contribution < 1.29 is 14.5 Å². The second-order valence-corrected chi connectivity index (χ2v) is 7.80. The maximum absolute atomic E-state index is 12.6. The minimum atomic E-state index is -0.574. The van der Waals surface area contributed by atoms with Crippen LogP contribution in [0.4, 0.5) is 11.4 Å². The highest BCUT2D eigenvalue weighted by molar-refractivity contribution is 7.99. The zero-order valence-corrected chi connectivity index (χ0v) is 18.2. The lowest BCUT2D eigenvalue weighted by atomic mass is 10.1. The third-order valence-corrected chi connectivity index (χ3v) is 5.56. The molecule has 1 heterocycles. The van der Waals surface area contributed by atoms with E-state index in [1.807, 2.05) is 17.6 Å². The van der Waals surface area contributed by atoms with Gasteiger partial charge in [0.25, 0.3) is 5.69 Å². The highest BCUT2D eigenvalue weighted by Crippen LogP contribution is 2.28. The van der Waals surface area contributed by atoms with Crippen molar-refractivity contribution in [1.82, 2.24) is 14.8 Å². The Morgan fingerprint density at radius 2 is 2.00 bits per heavy atom. The van der Waals surface area contributed by atoms with E-state index in [4.69, 9.17) is 11.6 Å². The Morgan fingerprint density at radius 1 is 1.23 bits per heavy atom. The van der Waals surface area contributed by atoms with Crippen molar-refractivity contribution in [2.24, 2.45) is 0 Å².